The van der Waals surface area contributed by atoms with Gasteiger partial charge in [0.05, 0.1) is 0 Å². The van der Waals surface area contributed by atoms with Crippen molar-refractivity contribution in [2.24, 2.45) is 0 Å². The summed E-state index contributed by atoms with van der Waals surface area (Å²) in [5.74, 6) is 0.568. The van der Waals surface area contributed by atoms with Crippen LogP contribution in [0.25, 0.3) is 0 Å². The number of aryl methyl sites for hydroxylation is 1. The van der Waals surface area contributed by atoms with Gasteiger partial charge in [-0.2, -0.15) is 0 Å². The average Bonchev–Trinajstić information content (AvgIpc) is 2.36. The minimum absolute atomic E-state index is 0.274. The Morgan fingerprint density at radius 3 is 2.72 bits per heavy atom. The molecule has 0 aliphatic carbocycles. The molecule has 0 fully saturated rings. The fraction of sp³-hybridized carbons (Fsp3) is 0.143. The molecule has 2 aromatic carbocycles. The van der Waals surface area contributed by atoms with Gasteiger partial charge < -0.3 is 4.74 Å². The Balaban J connectivity index is 2.42. The van der Waals surface area contributed by atoms with Gasteiger partial charge in [-0.15, -0.1) is 0 Å². The molecular formula is C14H11Br2FO. The van der Waals surface area contributed by atoms with Gasteiger partial charge in [0.2, 0.25) is 0 Å². The lowest BCUT2D eigenvalue weighted by Gasteiger charge is -2.12. The van der Waals surface area contributed by atoms with Gasteiger partial charge >= 0.3 is 0 Å². The van der Waals surface area contributed by atoms with Crippen molar-refractivity contribution in [3.63, 3.8) is 0 Å². The quantitative estimate of drug-likeness (QED) is 0.637. The largest absolute Gasteiger partial charge is 0.454 e. The van der Waals surface area contributed by atoms with Gasteiger partial charge in [-0.25, -0.2) is 4.39 Å². The van der Waals surface area contributed by atoms with E-state index in [0.717, 1.165) is 15.6 Å². The molecule has 0 radical (unpaired) electrons. The molecule has 18 heavy (non-hydrogen) atoms. The van der Waals surface area contributed by atoms with Crippen LogP contribution in [-0.4, -0.2) is 0 Å². The molecule has 0 atom stereocenters. The Kier molecular flexibility index (Phi) is 4.40. The lowest BCUT2D eigenvalue weighted by atomic mass is 10.2. The van der Waals surface area contributed by atoms with E-state index >= 15 is 0 Å². The smallest absolute Gasteiger partial charge is 0.167 e. The molecule has 2 rings (SSSR count). The number of hydrogen-bond acceptors (Lipinski definition) is 1. The Labute approximate surface area is 122 Å². The van der Waals surface area contributed by atoms with Crippen molar-refractivity contribution in [2.45, 2.75) is 12.3 Å². The second-order valence-electron chi connectivity index (χ2n) is 3.87. The molecule has 1 nitrogen and oxygen atoms in total. The first-order valence-corrected chi connectivity index (χ1v) is 7.30. The highest BCUT2D eigenvalue weighted by molar-refractivity contribution is 9.10. The number of benzene rings is 2. The van der Waals surface area contributed by atoms with Crippen molar-refractivity contribution in [1.29, 1.82) is 0 Å². The Bertz CT molecular complexity index is 570. The molecule has 0 aliphatic rings. The third-order valence-corrected chi connectivity index (χ3v) is 3.65. The zero-order chi connectivity index (χ0) is 13.1. The van der Waals surface area contributed by atoms with Crippen LogP contribution in [0, 0.1) is 12.7 Å². The first kappa shape index (κ1) is 13.6. The number of rotatable bonds is 3. The summed E-state index contributed by atoms with van der Waals surface area (Å²) in [6.07, 6.45) is 0. The van der Waals surface area contributed by atoms with Gasteiger partial charge in [-0.05, 0) is 30.7 Å². The van der Waals surface area contributed by atoms with Crippen LogP contribution in [0.4, 0.5) is 4.39 Å². The summed E-state index contributed by atoms with van der Waals surface area (Å²) in [5.41, 5.74) is 1.75. The van der Waals surface area contributed by atoms with Gasteiger partial charge in [0.25, 0.3) is 0 Å². The van der Waals surface area contributed by atoms with E-state index in [4.69, 9.17) is 4.74 Å². The van der Waals surface area contributed by atoms with E-state index in [1.54, 1.807) is 6.07 Å². The fourth-order valence-corrected chi connectivity index (χ4v) is 2.35. The maximum Gasteiger partial charge on any atom is 0.167 e. The SMILES string of the molecule is Cc1ccc(Br)cc1Oc1c(F)cccc1CBr. The van der Waals surface area contributed by atoms with Crippen molar-refractivity contribution >= 4 is 31.9 Å². The lowest BCUT2D eigenvalue weighted by molar-refractivity contribution is 0.435. The molecular weight excluding hydrogens is 363 g/mol. The van der Waals surface area contributed by atoms with Crippen molar-refractivity contribution in [3.05, 3.63) is 57.8 Å². The molecule has 0 bridgehead atoms. The predicted octanol–water partition coefficient (Wildman–Crippen LogP) is 5.58. The third-order valence-electron chi connectivity index (χ3n) is 2.55. The van der Waals surface area contributed by atoms with Crippen LogP contribution in [-0.2, 0) is 5.33 Å². The second-order valence-corrected chi connectivity index (χ2v) is 5.35. The summed E-state index contributed by atoms with van der Waals surface area (Å²) in [7, 11) is 0. The first-order valence-electron chi connectivity index (χ1n) is 5.39. The van der Waals surface area contributed by atoms with Crippen molar-refractivity contribution in [2.75, 3.05) is 0 Å². The lowest BCUT2D eigenvalue weighted by Crippen LogP contribution is -1.94. The molecule has 0 N–H and O–H groups in total. The third kappa shape index (κ3) is 2.93. The molecule has 0 unspecified atom stereocenters. The number of ether oxygens (including phenoxy) is 1. The molecule has 0 spiro atoms. The average molecular weight is 374 g/mol. The molecule has 94 valence electrons. The van der Waals surface area contributed by atoms with Gasteiger partial charge in [0.1, 0.15) is 5.75 Å². The van der Waals surface area contributed by atoms with Crippen LogP contribution < -0.4 is 4.74 Å². The molecule has 0 heterocycles. The predicted molar refractivity (Wildman–Crippen MR) is 78.0 cm³/mol. The van der Waals surface area contributed by atoms with Crippen LogP contribution in [0.2, 0.25) is 0 Å². The zero-order valence-corrected chi connectivity index (χ0v) is 12.9. The standard InChI is InChI=1S/C14H11Br2FO/c1-9-5-6-11(16)7-13(9)18-14-10(8-15)3-2-4-12(14)17/h2-7H,8H2,1H3. The van der Waals surface area contributed by atoms with E-state index in [9.17, 15) is 4.39 Å². The minimum atomic E-state index is -0.355. The van der Waals surface area contributed by atoms with Crippen LogP contribution in [0.5, 0.6) is 11.5 Å². The molecule has 2 aromatic rings. The van der Waals surface area contributed by atoms with E-state index < -0.39 is 0 Å². The monoisotopic (exact) mass is 372 g/mol. The summed E-state index contributed by atoms with van der Waals surface area (Å²) in [5, 5.41) is 0.549. The Morgan fingerprint density at radius 2 is 2.00 bits per heavy atom. The van der Waals surface area contributed by atoms with Gasteiger partial charge in [-0.3, -0.25) is 0 Å². The van der Waals surface area contributed by atoms with Gasteiger partial charge in [0.15, 0.2) is 11.6 Å². The fourth-order valence-electron chi connectivity index (χ4n) is 1.57. The topological polar surface area (TPSA) is 9.23 Å². The van der Waals surface area contributed by atoms with E-state index in [1.165, 1.54) is 6.07 Å². The normalized spacial score (nSPS) is 10.4. The summed E-state index contributed by atoms with van der Waals surface area (Å²) < 4.78 is 20.4. The van der Waals surface area contributed by atoms with Crippen molar-refractivity contribution < 1.29 is 9.13 Å². The molecule has 0 saturated heterocycles. The second kappa shape index (κ2) is 5.85. The van der Waals surface area contributed by atoms with Crippen LogP contribution in [0.3, 0.4) is 0 Å². The first-order chi connectivity index (χ1) is 8.61. The Morgan fingerprint density at radius 1 is 1.22 bits per heavy atom. The summed E-state index contributed by atoms with van der Waals surface area (Å²) >= 11 is 6.71. The zero-order valence-electron chi connectivity index (χ0n) is 9.71. The summed E-state index contributed by atoms with van der Waals surface area (Å²) in [4.78, 5) is 0. The van der Waals surface area contributed by atoms with Crippen molar-refractivity contribution in [3.8, 4) is 11.5 Å². The highest BCUT2D eigenvalue weighted by Gasteiger charge is 2.11. The van der Waals surface area contributed by atoms with Gasteiger partial charge in [0, 0.05) is 15.4 Å². The number of hydrogen-bond donors (Lipinski definition) is 0. The molecule has 0 saturated carbocycles. The molecule has 4 heteroatoms. The number of halogens is 3. The Hall–Kier alpha value is -0.870. The minimum Gasteiger partial charge on any atom is -0.454 e. The highest BCUT2D eigenvalue weighted by Crippen LogP contribution is 2.33. The maximum atomic E-state index is 13.8. The maximum absolute atomic E-state index is 13.8. The van der Waals surface area contributed by atoms with Crippen LogP contribution in [0.1, 0.15) is 11.1 Å². The van der Waals surface area contributed by atoms with Crippen LogP contribution >= 0.6 is 31.9 Å². The van der Waals surface area contributed by atoms with Crippen LogP contribution in [0.15, 0.2) is 40.9 Å². The number of para-hydroxylation sites is 1. The van der Waals surface area contributed by atoms with E-state index in [2.05, 4.69) is 31.9 Å². The highest BCUT2D eigenvalue weighted by atomic mass is 79.9. The summed E-state index contributed by atoms with van der Waals surface area (Å²) in [6, 6.07) is 10.6. The van der Waals surface area contributed by atoms with Gasteiger partial charge in [-0.1, -0.05) is 50.1 Å². The molecule has 0 amide bonds. The van der Waals surface area contributed by atoms with E-state index in [0.29, 0.717) is 11.1 Å². The number of alkyl halides is 1. The van der Waals surface area contributed by atoms with E-state index in [1.807, 2.05) is 31.2 Å². The van der Waals surface area contributed by atoms with E-state index in [-0.39, 0.29) is 11.6 Å². The van der Waals surface area contributed by atoms with Crippen molar-refractivity contribution in [1.82, 2.24) is 0 Å². The molecule has 0 aromatic heterocycles. The molecule has 0 aliphatic heterocycles. The summed E-state index contributed by atoms with van der Waals surface area (Å²) in [6.45, 7) is 1.93.